The summed E-state index contributed by atoms with van der Waals surface area (Å²) in [6.45, 7) is 7.25. The quantitative estimate of drug-likeness (QED) is 0.190. The summed E-state index contributed by atoms with van der Waals surface area (Å²) in [6, 6.07) is 11.5. The largest absolute Gasteiger partial charge is 0.492 e. The molecule has 0 saturated heterocycles. The summed E-state index contributed by atoms with van der Waals surface area (Å²) < 4.78 is 52.9. The van der Waals surface area contributed by atoms with Gasteiger partial charge in [-0.3, -0.25) is 9.78 Å². The highest BCUT2D eigenvalue weighted by Gasteiger charge is 2.51. The molecule has 0 bridgehead atoms. The fourth-order valence-corrected chi connectivity index (χ4v) is 4.45. The number of benzene rings is 1. The molecule has 0 unspecified atom stereocenters. The van der Waals surface area contributed by atoms with Gasteiger partial charge in [0.1, 0.15) is 24.0 Å². The molecule has 2 N–H and O–H groups in total. The summed E-state index contributed by atoms with van der Waals surface area (Å²) in [4.78, 5) is 18.2. The number of aromatic amines is 1. The molecule has 37 heavy (non-hydrogen) atoms. The number of rotatable bonds is 11. The molecular weight excluding hydrogens is 503 g/mol. The summed E-state index contributed by atoms with van der Waals surface area (Å²) in [5.74, 6) is -0.0121. The standard InChI is InChI=1S/C26H30F3N3O4Si/c1-37(2,3)13-12-35-17-32-15-22(26(27,28)29)31-23(32)19-6-9-21(30-14-19)18-4-7-20(8-5-18)36-16-25(10-11-25)24(33)34/h4-9,14-15H,10-13,16-17H2,1-3H3,(H,33,34)/p+1. The van der Waals surface area contributed by atoms with Gasteiger partial charge in [-0.2, -0.15) is 13.2 Å². The van der Waals surface area contributed by atoms with E-state index in [-0.39, 0.29) is 19.2 Å². The second-order valence-electron chi connectivity index (χ2n) is 10.7. The number of alkyl halides is 3. The van der Waals surface area contributed by atoms with Crippen LogP contribution in [0.1, 0.15) is 18.5 Å². The van der Waals surface area contributed by atoms with Crippen LogP contribution in [0.2, 0.25) is 25.7 Å². The molecule has 1 fully saturated rings. The Morgan fingerprint density at radius 2 is 1.81 bits per heavy atom. The van der Waals surface area contributed by atoms with Crippen LogP contribution in [0, 0.1) is 5.41 Å². The van der Waals surface area contributed by atoms with Crippen molar-refractivity contribution in [3.05, 3.63) is 54.5 Å². The molecule has 0 spiro atoms. The number of aliphatic carboxylic acids is 1. The Bertz CT molecular complexity index is 1230. The number of imidazole rings is 1. The van der Waals surface area contributed by atoms with E-state index in [1.165, 1.54) is 10.8 Å². The third-order valence-electron chi connectivity index (χ3n) is 6.37. The van der Waals surface area contributed by atoms with E-state index in [1.807, 2.05) is 0 Å². The van der Waals surface area contributed by atoms with Gasteiger partial charge in [-0.25, -0.2) is 9.55 Å². The zero-order valence-corrected chi connectivity index (χ0v) is 22.1. The van der Waals surface area contributed by atoms with Crippen molar-refractivity contribution in [2.24, 2.45) is 5.41 Å². The molecule has 2 heterocycles. The Morgan fingerprint density at radius 3 is 2.35 bits per heavy atom. The van der Waals surface area contributed by atoms with E-state index in [1.54, 1.807) is 36.4 Å². The Labute approximate surface area is 214 Å². The van der Waals surface area contributed by atoms with E-state index in [9.17, 15) is 23.1 Å². The van der Waals surface area contributed by atoms with E-state index in [0.29, 0.717) is 36.5 Å². The minimum atomic E-state index is -4.51. The van der Waals surface area contributed by atoms with Crippen LogP contribution in [0.25, 0.3) is 22.6 Å². The van der Waals surface area contributed by atoms with Gasteiger partial charge >= 0.3 is 12.1 Å². The van der Waals surface area contributed by atoms with E-state index in [2.05, 4.69) is 29.6 Å². The number of nitrogens with zero attached hydrogens (tertiary/aromatic N) is 2. The lowest BCUT2D eigenvalue weighted by atomic mass is 10.1. The summed E-state index contributed by atoms with van der Waals surface area (Å²) >= 11 is 0. The number of hydrogen-bond donors (Lipinski definition) is 2. The van der Waals surface area contributed by atoms with E-state index in [4.69, 9.17) is 9.47 Å². The van der Waals surface area contributed by atoms with Crippen LogP contribution in [-0.4, -0.2) is 42.3 Å². The van der Waals surface area contributed by atoms with Crippen LogP contribution in [0.5, 0.6) is 5.75 Å². The van der Waals surface area contributed by atoms with Gasteiger partial charge in [-0.15, -0.1) is 0 Å². The second-order valence-corrected chi connectivity index (χ2v) is 16.3. The van der Waals surface area contributed by atoms with Crippen LogP contribution >= 0.6 is 0 Å². The lowest BCUT2D eigenvalue weighted by Crippen LogP contribution is -2.36. The second kappa shape index (κ2) is 10.3. The zero-order valence-electron chi connectivity index (χ0n) is 21.1. The van der Waals surface area contributed by atoms with Crippen molar-refractivity contribution >= 4 is 14.0 Å². The first kappa shape index (κ1) is 26.9. The number of carboxylic acids is 1. The Morgan fingerprint density at radius 1 is 1.14 bits per heavy atom. The number of carboxylic acid groups (broad SMARTS) is 1. The van der Waals surface area contributed by atoms with Gasteiger partial charge in [0.2, 0.25) is 5.69 Å². The molecular formula is C26H31F3N3O4Si+. The molecule has 0 amide bonds. The monoisotopic (exact) mass is 534 g/mol. The number of ether oxygens (including phenoxy) is 2. The van der Waals surface area contributed by atoms with Crippen LogP contribution in [0.3, 0.4) is 0 Å². The number of H-pyrrole nitrogens is 1. The number of aromatic nitrogens is 3. The number of carbonyl (C=O) groups is 1. The fraction of sp³-hybridized carbons (Fsp3) is 0.423. The number of pyridine rings is 1. The van der Waals surface area contributed by atoms with Crippen molar-refractivity contribution < 1.29 is 37.1 Å². The lowest BCUT2D eigenvalue weighted by molar-refractivity contribution is -0.721. The van der Waals surface area contributed by atoms with E-state index < -0.39 is 31.3 Å². The summed E-state index contributed by atoms with van der Waals surface area (Å²) in [5, 5.41) is 9.27. The number of hydrogen-bond acceptors (Lipinski definition) is 4. The van der Waals surface area contributed by atoms with Crippen LogP contribution in [0.15, 0.2) is 48.8 Å². The average molecular weight is 535 g/mol. The molecule has 3 aromatic rings. The van der Waals surface area contributed by atoms with Gasteiger partial charge in [0.05, 0.1) is 11.3 Å². The highest BCUT2D eigenvalue weighted by atomic mass is 28.3. The number of nitrogens with one attached hydrogen (secondary N) is 1. The average Bonchev–Trinajstić information content (AvgIpc) is 3.51. The molecule has 2 aromatic heterocycles. The van der Waals surface area contributed by atoms with Crippen LogP contribution in [-0.2, 0) is 22.4 Å². The van der Waals surface area contributed by atoms with Crippen LogP contribution < -0.4 is 9.30 Å². The predicted molar refractivity (Wildman–Crippen MR) is 134 cm³/mol. The number of halogens is 3. The first-order valence-corrected chi connectivity index (χ1v) is 15.8. The van der Waals surface area contributed by atoms with Crippen molar-refractivity contribution in [3.8, 4) is 28.4 Å². The first-order valence-electron chi connectivity index (χ1n) is 12.1. The topological polar surface area (TPSA) is 88.3 Å². The van der Waals surface area contributed by atoms with E-state index in [0.717, 1.165) is 17.8 Å². The Hall–Kier alpha value is -3.18. The molecule has 1 aliphatic carbocycles. The first-order chi connectivity index (χ1) is 17.4. The summed E-state index contributed by atoms with van der Waals surface area (Å²) in [6.07, 6.45) is -0.737. The highest BCUT2D eigenvalue weighted by molar-refractivity contribution is 6.76. The molecule has 7 nitrogen and oxygen atoms in total. The lowest BCUT2D eigenvalue weighted by Gasteiger charge is -2.14. The molecule has 4 rings (SSSR count). The molecule has 1 saturated carbocycles. The van der Waals surface area contributed by atoms with Crippen molar-refractivity contribution in [2.75, 3.05) is 13.2 Å². The third-order valence-corrected chi connectivity index (χ3v) is 8.07. The van der Waals surface area contributed by atoms with Crippen LogP contribution in [0.4, 0.5) is 13.2 Å². The van der Waals surface area contributed by atoms with Gasteiger partial charge in [-0.05, 0) is 55.3 Å². The van der Waals surface area contributed by atoms with Gasteiger partial charge in [0.25, 0.3) is 5.82 Å². The SMILES string of the molecule is C[Si](C)(C)CCOC[n+]1cc(C(F)(F)F)[nH]c1-c1ccc(-c2ccc(OCC3(C(=O)O)CC3)cc2)nc1. The molecule has 1 aromatic carbocycles. The van der Waals surface area contributed by atoms with E-state index >= 15 is 0 Å². The fourth-order valence-electron chi connectivity index (χ4n) is 3.70. The molecule has 198 valence electrons. The maximum atomic E-state index is 13.4. The minimum absolute atomic E-state index is 0.00122. The summed E-state index contributed by atoms with van der Waals surface area (Å²) in [7, 11) is -1.32. The van der Waals surface area contributed by atoms with Crippen molar-refractivity contribution in [3.63, 3.8) is 0 Å². The van der Waals surface area contributed by atoms with Gasteiger partial charge < -0.3 is 14.6 Å². The molecule has 1 aliphatic rings. The maximum Gasteiger partial charge on any atom is 0.457 e. The van der Waals surface area contributed by atoms with Gasteiger partial charge in [0, 0.05) is 26.4 Å². The smallest absolute Gasteiger partial charge is 0.457 e. The van der Waals surface area contributed by atoms with Crippen molar-refractivity contribution in [1.82, 2.24) is 9.97 Å². The Kier molecular flexibility index (Phi) is 7.47. The predicted octanol–water partition coefficient (Wildman–Crippen LogP) is 5.61. The minimum Gasteiger partial charge on any atom is -0.492 e. The van der Waals surface area contributed by atoms with Crippen molar-refractivity contribution in [1.29, 1.82) is 0 Å². The normalized spacial score (nSPS) is 15.0. The van der Waals surface area contributed by atoms with Crippen molar-refractivity contribution in [2.45, 2.75) is 51.4 Å². The maximum absolute atomic E-state index is 13.4. The summed E-state index contributed by atoms with van der Waals surface area (Å²) in [5.41, 5.74) is 0.308. The molecule has 0 aliphatic heterocycles. The molecule has 11 heteroatoms. The van der Waals surface area contributed by atoms with Gasteiger partial charge in [0.15, 0.2) is 6.73 Å². The zero-order chi connectivity index (χ0) is 26.8. The highest BCUT2D eigenvalue weighted by Crippen LogP contribution is 2.46. The molecule has 0 atom stereocenters. The third kappa shape index (κ3) is 6.78. The van der Waals surface area contributed by atoms with Gasteiger partial charge in [-0.1, -0.05) is 19.6 Å². The molecule has 0 radical (unpaired) electrons. The Balaban J connectivity index is 1.46.